The fraction of sp³-hybridized carbons (Fsp3) is 0.611. The largest absolute Gasteiger partial charge is 0.455 e. The van der Waals surface area contributed by atoms with Gasteiger partial charge in [-0.25, -0.2) is 0 Å². The highest BCUT2D eigenvalue weighted by molar-refractivity contribution is 5.99. The number of nitrogens with zero attached hydrogens (tertiary/aromatic N) is 2. The summed E-state index contributed by atoms with van der Waals surface area (Å²) in [5.41, 5.74) is -1.41. The Morgan fingerprint density at radius 1 is 1.11 bits per heavy atom. The van der Waals surface area contributed by atoms with E-state index in [9.17, 15) is 24.3 Å². The minimum atomic E-state index is -1.49. The molecule has 0 aliphatic carbocycles. The quantitative estimate of drug-likeness (QED) is 0.340. The Hall–Kier alpha value is -3.54. The van der Waals surface area contributed by atoms with Crippen molar-refractivity contribution >= 4 is 23.7 Å². The number of amides is 3. The Labute approximate surface area is 277 Å². The van der Waals surface area contributed by atoms with E-state index in [4.69, 9.17) is 14.2 Å². The Kier molecular flexibility index (Phi) is 10.3. The lowest BCUT2D eigenvalue weighted by atomic mass is 9.77. The van der Waals surface area contributed by atoms with Gasteiger partial charge < -0.3 is 34.4 Å². The normalized spacial score (nSPS) is 33.4. The molecule has 1 spiro atoms. The number of hydrogen-bond donors (Lipinski definition) is 2. The molecule has 47 heavy (non-hydrogen) atoms. The van der Waals surface area contributed by atoms with Gasteiger partial charge in [-0.1, -0.05) is 74.9 Å². The number of esters is 1. The molecule has 2 saturated heterocycles. The van der Waals surface area contributed by atoms with Crippen LogP contribution >= 0.6 is 0 Å². The minimum Gasteiger partial charge on any atom is -0.455 e. The summed E-state index contributed by atoms with van der Waals surface area (Å²) in [5.74, 6) is -3.96. The monoisotopic (exact) mass is 651 g/mol. The molecule has 0 saturated carbocycles. The van der Waals surface area contributed by atoms with Crippen molar-refractivity contribution in [3.05, 3.63) is 60.2 Å². The van der Waals surface area contributed by atoms with Crippen molar-refractivity contribution in [2.45, 2.75) is 95.4 Å². The number of carbonyl (C=O) groups excluding carboxylic acids is 4. The van der Waals surface area contributed by atoms with Gasteiger partial charge in [0.1, 0.15) is 23.7 Å². The lowest BCUT2D eigenvalue weighted by molar-refractivity contribution is -0.163. The van der Waals surface area contributed by atoms with Crippen LogP contribution in [0.4, 0.5) is 0 Å². The number of hydrogen-bond acceptors (Lipinski definition) is 8. The van der Waals surface area contributed by atoms with Crippen molar-refractivity contribution in [1.29, 1.82) is 0 Å². The van der Waals surface area contributed by atoms with E-state index in [0.717, 1.165) is 0 Å². The van der Waals surface area contributed by atoms with Crippen LogP contribution in [0.1, 0.15) is 65.5 Å². The number of nitrogens with one attached hydrogen (secondary N) is 1. The van der Waals surface area contributed by atoms with Crippen molar-refractivity contribution in [1.82, 2.24) is 15.1 Å². The van der Waals surface area contributed by atoms with Crippen molar-refractivity contribution in [2.24, 2.45) is 17.8 Å². The fourth-order valence-corrected chi connectivity index (χ4v) is 7.60. The maximum Gasteiger partial charge on any atom is 0.313 e. The Balaban J connectivity index is 1.66. The van der Waals surface area contributed by atoms with Crippen molar-refractivity contribution < 1.29 is 38.5 Å². The van der Waals surface area contributed by atoms with E-state index in [1.165, 1.54) is 12.0 Å². The van der Waals surface area contributed by atoms with E-state index in [-0.39, 0.29) is 37.4 Å². The molecule has 11 heteroatoms. The molecule has 0 unspecified atom stereocenters. The second-order valence-corrected chi connectivity index (χ2v) is 14.1. The topological polar surface area (TPSA) is 135 Å². The number of rotatable bonds is 7. The maximum absolute atomic E-state index is 14.8. The van der Waals surface area contributed by atoms with Crippen molar-refractivity contribution in [2.75, 3.05) is 26.9 Å². The predicted molar refractivity (Wildman–Crippen MR) is 174 cm³/mol. The number of benzene rings is 1. The lowest BCUT2D eigenvalue weighted by Gasteiger charge is -2.43. The van der Waals surface area contributed by atoms with Crippen LogP contribution in [0.3, 0.4) is 0 Å². The molecular weight excluding hydrogens is 602 g/mol. The van der Waals surface area contributed by atoms with Crippen LogP contribution in [-0.4, -0.2) is 101 Å². The van der Waals surface area contributed by atoms with Gasteiger partial charge in [-0.2, -0.15) is 0 Å². The molecule has 0 aromatic heterocycles. The van der Waals surface area contributed by atoms with E-state index < -0.39 is 65.2 Å². The van der Waals surface area contributed by atoms with Gasteiger partial charge in [-0.05, 0) is 38.7 Å². The van der Waals surface area contributed by atoms with E-state index in [1.54, 1.807) is 23.1 Å². The van der Waals surface area contributed by atoms with E-state index >= 15 is 0 Å². The first kappa shape index (κ1) is 34.8. The zero-order valence-electron chi connectivity index (χ0n) is 28.3. The molecule has 0 bridgehead atoms. The van der Waals surface area contributed by atoms with E-state index in [2.05, 4.69) is 5.32 Å². The molecule has 1 aromatic carbocycles. The fourth-order valence-electron chi connectivity index (χ4n) is 7.60. The molecule has 1 aromatic rings. The molecule has 2 N–H and O–H groups in total. The number of likely N-dealkylation sites (tertiary alicyclic amines) is 1. The average molecular weight is 652 g/mol. The molecule has 4 aliphatic rings. The lowest BCUT2D eigenvalue weighted by Crippen LogP contribution is -2.61. The number of cyclic esters (lactones) is 1. The van der Waals surface area contributed by atoms with Gasteiger partial charge in [-0.3, -0.25) is 19.2 Å². The van der Waals surface area contributed by atoms with E-state index in [0.29, 0.717) is 24.9 Å². The van der Waals surface area contributed by atoms with E-state index in [1.807, 2.05) is 71.0 Å². The van der Waals surface area contributed by atoms with Crippen LogP contribution in [0, 0.1) is 17.8 Å². The van der Waals surface area contributed by atoms with Gasteiger partial charge >= 0.3 is 5.97 Å². The molecule has 0 radical (unpaired) electrons. The van der Waals surface area contributed by atoms with Gasteiger partial charge in [0.25, 0.3) is 0 Å². The predicted octanol–water partition coefficient (Wildman–Crippen LogP) is 2.94. The van der Waals surface area contributed by atoms with Crippen LogP contribution in [0.25, 0.3) is 0 Å². The van der Waals surface area contributed by atoms with Crippen molar-refractivity contribution in [3.63, 3.8) is 0 Å². The summed E-state index contributed by atoms with van der Waals surface area (Å²) < 4.78 is 18.6. The number of methoxy groups -OCH3 is 1. The maximum atomic E-state index is 14.8. The molecule has 9 atom stereocenters. The number of fused-ring (bicyclic) bond motifs is 2. The third-order valence-electron chi connectivity index (χ3n) is 10.2. The molecule has 256 valence electrons. The van der Waals surface area contributed by atoms with Gasteiger partial charge in [0.05, 0.1) is 37.3 Å². The zero-order chi connectivity index (χ0) is 34.1. The SMILES string of the molecule is CC[C@H](C)[C@H](CO)N1C(=O)[C@H]2[C@@H]3C(=O)O[C@@H](c4ccccc4)[C@H](COC)NC(=O)CC/C=C\[C@@H]3O[C@]23C=CCN(C(C)(C)C)C(=O)[C@H]13. The first-order valence-electron chi connectivity index (χ1n) is 16.7. The van der Waals surface area contributed by atoms with Crippen LogP contribution in [0.2, 0.25) is 0 Å². The molecule has 5 rings (SSSR count). The number of aliphatic hydroxyl groups excluding tert-OH is 1. The summed E-state index contributed by atoms with van der Waals surface area (Å²) >= 11 is 0. The Morgan fingerprint density at radius 3 is 2.47 bits per heavy atom. The van der Waals surface area contributed by atoms with Crippen molar-refractivity contribution in [3.8, 4) is 0 Å². The van der Waals surface area contributed by atoms with Gasteiger partial charge in [0.15, 0.2) is 0 Å². The Bertz CT molecular complexity index is 1390. The first-order valence-corrected chi connectivity index (χ1v) is 16.7. The zero-order valence-corrected chi connectivity index (χ0v) is 28.3. The van der Waals surface area contributed by atoms with Crippen LogP contribution in [-0.2, 0) is 33.4 Å². The number of aliphatic hydroxyl groups is 1. The van der Waals surface area contributed by atoms with Gasteiger partial charge in [0.2, 0.25) is 17.7 Å². The summed E-state index contributed by atoms with van der Waals surface area (Å²) in [5, 5.41) is 13.6. The second kappa shape index (κ2) is 13.9. The molecule has 3 amide bonds. The number of ether oxygens (including phenoxy) is 3. The average Bonchev–Trinajstić information content (AvgIpc) is 3.41. The summed E-state index contributed by atoms with van der Waals surface area (Å²) in [4.78, 5) is 60.3. The number of allylic oxidation sites excluding steroid dienone is 1. The highest BCUT2D eigenvalue weighted by atomic mass is 16.6. The minimum absolute atomic E-state index is 0.0775. The molecule has 4 heterocycles. The van der Waals surface area contributed by atoms with Crippen LogP contribution in [0.15, 0.2) is 54.6 Å². The molecule has 4 aliphatic heterocycles. The van der Waals surface area contributed by atoms with Crippen LogP contribution in [0.5, 0.6) is 0 Å². The van der Waals surface area contributed by atoms with Crippen LogP contribution < -0.4 is 5.32 Å². The summed E-state index contributed by atoms with van der Waals surface area (Å²) in [6.07, 6.45) is 6.51. The smallest absolute Gasteiger partial charge is 0.313 e. The first-order chi connectivity index (χ1) is 22.4. The van der Waals surface area contributed by atoms with Gasteiger partial charge in [-0.15, -0.1) is 0 Å². The van der Waals surface area contributed by atoms with Gasteiger partial charge in [0, 0.05) is 25.6 Å². The summed E-state index contributed by atoms with van der Waals surface area (Å²) in [6, 6.07) is 6.62. The highest BCUT2D eigenvalue weighted by Crippen LogP contribution is 2.54. The third-order valence-corrected chi connectivity index (χ3v) is 10.2. The third kappa shape index (κ3) is 6.37. The summed E-state index contributed by atoms with van der Waals surface area (Å²) in [7, 11) is 1.51. The summed E-state index contributed by atoms with van der Waals surface area (Å²) in [6.45, 7) is 9.75. The molecule has 11 nitrogen and oxygen atoms in total. The Morgan fingerprint density at radius 2 is 1.83 bits per heavy atom. The second-order valence-electron chi connectivity index (χ2n) is 14.1. The molecule has 2 fully saturated rings. The number of carbonyl (C=O) groups is 4. The highest BCUT2D eigenvalue weighted by Gasteiger charge is 2.73. The standard InChI is InChI=1S/C36H49N3O8/c1-7-22(2)25(20-40)39-31-33(43)38(35(3,4)5)19-13-18-36(31)29(32(39)42)28-26(47-36)16-11-12-17-27(41)37-24(21-45-6)30(46-34(28)44)23-14-9-8-10-15-23/h8-11,13-16,18,22,24-26,28-31,40H,7,12,17,19-21H2,1-6H3,(H,37,41)/b16-11-/t22-,24-,25-,26-,28+,29+,30-,31-,36+/m0/s1. The molecular formula is C36H49N3O8.